The monoisotopic (exact) mass is 286 g/mol. The van der Waals surface area contributed by atoms with Crippen LogP contribution in [0, 0.1) is 0 Å². The fraction of sp³-hybridized carbons (Fsp3) is 0.857. The molecule has 1 rings (SSSR count). The van der Waals surface area contributed by atoms with Crippen molar-refractivity contribution in [2.75, 3.05) is 19.7 Å². The molecule has 0 spiro atoms. The van der Waals surface area contributed by atoms with Crippen LogP contribution < -0.4 is 0 Å². The molecular weight excluding hydrogens is 260 g/mol. The van der Waals surface area contributed by atoms with Gasteiger partial charge in [0, 0.05) is 18.6 Å². The molecule has 0 aromatic rings. The highest BCUT2D eigenvalue weighted by atomic mass is 16.4. The minimum atomic E-state index is -0.913. The number of aliphatic hydroxyl groups excluding tert-OH is 1. The third kappa shape index (κ3) is 4.37. The average Bonchev–Trinajstić information content (AvgIpc) is 2.36. The SMILES string of the molecule is CC(C)(C)N(CCC(=O)O)C(=O)N1CCCCC1CO. The summed E-state index contributed by atoms with van der Waals surface area (Å²) in [6.45, 7) is 6.46. The maximum absolute atomic E-state index is 12.7. The van der Waals surface area contributed by atoms with Gasteiger partial charge in [0.1, 0.15) is 0 Å². The summed E-state index contributed by atoms with van der Waals surface area (Å²) in [5.74, 6) is -0.913. The lowest BCUT2D eigenvalue weighted by atomic mass is 10.0. The van der Waals surface area contributed by atoms with Crippen molar-refractivity contribution < 1.29 is 19.8 Å². The molecule has 0 aromatic carbocycles. The Morgan fingerprint density at radius 1 is 1.30 bits per heavy atom. The van der Waals surface area contributed by atoms with E-state index in [1.807, 2.05) is 20.8 Å². The number of carbonyl (C=O) groups is 2. The molecule has 6 nitrogen and oxygen atoms in total. The van der Waals surface area contributed by atoms with Crippen LogP contribution in [0.2, 0.25) is 0 Å². The summed E-state index contributed by atoms with van der Waals surface area (Å²) < 4.78 is 0. The molecule has 0 aliphatic carbocycles. The van der Waals surface area contributed by atoms with Gasteiger partial charge < -0.3 is 20.0 Å². The molecule has 2 amide bonds. The standard InChI is InChI=1S/C14H26N2O4/c1-14(2,3)16(9-7-12(18)19)13(20)15-8-5-4-6-11(15)10-17/h11,17H,4-10H2,1-3H3,(H,18,19). The van der Waals surface area contributed by atoms with Crippen molar-refractivity contribution in [2.24, 2.45) is 0 Å². The van der Waals surface area contributed by atoms with E-state index in [0.29, 0.717) is 6.54 Å². The van der Waals surface area contributed by atoms with Gasteiger partial charge in [0.25, 0.3) is 0 Å². The number of carboxylic acids is 1. The van der Waals surface area contributed by atoms with Crippen LogP contribution in [0.4, 0.5) is 4.79 Å². The minimum absolute atomic E-state index is 0.0390. The van der Waals surface area contributed by atoms with Gasteiger partial charge in [-0.3, -0.25) is 4.79 Å². The predicted molar refractivity (Wildman–Crippen MR) is 75.5 cm³/mol. The Morgan fingerprint density at radius 3 is 2.45 bits per heavy atom. The number of urea groups is 1. The number of aliphatic hydroxyl groups is 1. The van der Waals surface area contributed by atoms with E-state index < -0.39 is 11.5 Å². The van der Waals surface area contributed by atoms with E-state index in [1.165, 1.54) is 0 Å². The number of hydrogen-bond acceptors (Lipinski definition) is 3. The summed E-state index contributed by atoms with van der Waals surface area (Å²) >= 11 is 0. The Hall–Kier alpha value is -1.30. The molecule has 1 aliphatic rings. The molecule has 1 fully saturated rings. The zero-order valence-corrected chi connectivity index (χ0v) is 12.6. The Balaban J connectivity index is 2.83. The maximum Gasteiger partial charge on any atom is 0.320 e. The van der Waals surface area contributed by atoms with Crippen LogP contribution in [0.5, 0.6) is 0 Å². The van der Waals surface area contributed by atoms with Crippen LogP contribution in [0.15, 0.2) is 0 Å². The van der Waals surface area contributed by atoms with Crippen molar-refractivity contribution in [3.63, 3.8) is 0 Å². The molecule has 1 unspecified atom stereocenters. The number of aliphatic carboxylic acids is 1. The normalized spacial score (nSPS) is 19.8. The number of rotatable bonds is 4. The highest BCUT2D eigenvalue weighted by molar-refractivity contribution is 5.76. The summed E-state index contributed by atoms with van der Waals surface area (Å²) in [5.41, 5.74) is -0.440. The van der Waals surface area contributed by atoms with Gasteiger partial charge in [-0.05, 0) is 40.0 Å². The maximum atomic E-state index is 12.7. The van der Waals surface area contributed by atoms with E-state index in [1.54, 1.807) is 9.80 Å². The van der Waals surface area contributed by atoms with Crippen LogP contribution in [-0.4, -0.2) is 63.3 Å². The highest BCUT2D eigenvalue weighted by Gasteiger charge is 2.34. The zero-order chi connectivity index (χ0) is 15.3. The summed E-state index contributed by atoms with van der Waals surface area (Å²) in [6, 6.07) is -0.316. The molecule has 1 heterocycles. The first-order chi connectivity index (χ1) is 9.27. The minimum Gasteiger partial charge on any atom is -0.481 e. The van der Waals surface area contributed by atoms with Crippen molar-refractivity contribution in [1.29, 1.82) is 0 Å². The van der Waals surface area contributed by atoms with Gasteiger partial charge in [-0.25, -0.2) is 4.79 Å². The van der Waals surface area contributed by atoms with Gasteiger partial charge in [0.15, 0.2) is 0 Å². The van der Waals surface area contributed by atoms with Crippen LogP contribution in [0.1, 0.15) is 46.5 Å². The molecule has 0 radical (unpaired) electrons. The van der Waals surface area contributed by atoms with Gasteiger partial charge >= 0.3 is 12.0 Å². The molecular formula is C14H26N2O4. The van der Waals surface area contributed by atoms with Gasteiger partial charge in [-0.2, -0.15) is 0 Å². The van der Waals surface area contributed by atoms with Crippen LogP contribution in [0.3, 0.4) is 0 Å². The smallest absolute Gasteiger partial charge is 0.320 e. The lowest BCUT2D eigenvalue weighted by Gasteiger charge is -2.43. The molecule has 1 saturated heterocycles. The van der Waals surface area contributed by atoms with Crippen LogP contribution >= 0.6 is 0 Å². The number of nitrogens with zero attached hydrogens (tertiary/aromatic N) is 2. The quantitative estimate of drug-likeness (QED) is 0.821. The van der Waals surface area contributed by atoms with Crippen molar-refractivity contribution in [3.8, 4) is 0 Å². The largest absolute Gasteiger partial charge is 0.481 e. The second-order valence-electron chi connectivity index (χ2n) is 6.27. The molecule has 6 heteroatoms. The van der Waals surface area contributed by atoms with Crippen LogP contribution in [-0.2, 0) is 4.79 Å². The first-order valence-electron chi connectivity index (χ1n) is 7.18. The van der Waals surface area contributed by atoms with E-state index >= 15 is 0 Å². The zero-order valence-electron chi connectivity index (χ0n) is 12.6. The summed E-state index contributed by atoms with van der Waals surface area (Å²) in [5, 5.41) is 18.2. The van der Waals surface area contributed by atoms with E-state index in [0.717, 1.165) is 19.3 Å². The van der Waals surface area contributed by atoms with E-state index in [4.69, 9.17) is 5.11 Å². The van der Waals surface area contributed by atoms with E-state index in [9.17, 15) is 14.7 Å². The number of carbonyl (C=O) groups excluding carboxylic acids is 1. The number of hydrogen-bond donors (Lipinski definition) is 2. The molecule has 20 heavy (non-hydrogen) atoms. The molecule has 0 saturated carbocycles. The van der Waals surface area contributed by atoms with Crippen LogP contribution in [0.25, 0.3) is 0 Å². The Labute approximate surface area is 120 Å². The third-order valence-electron chi connectivity index (χ3n) is 3.67. The van der Waals surface area contributed by atoms with Gasteiger partial charge in [0.2, 0.25) is 0 Å². The fourth-order valence-corrected chi connectivity index (χ4v) is 2.52. The first-order valence-corrected chi connectivity index (χ1v) is 7.18. The molecule has 2 N–H and O–H groups in total. The highest BCUT2D eigenvalue weighted by Crippen LogP contribution is 2.22. The lowest BCUT2D eigenvalue weighted by Crippen LogP contribution is -2.57. The van der Waals surface area contributed by atoms with Gasteiger partial charge in [0.05, 0.1) is 19.1 Å². The molecule has 0 bridgehead atoms. The third-order valence-corrected chi connectivity index (χ3v) is 3.67. The molecule has 1 atom stereocenters. The number of carboxylic acid groups (broad SMARTS) is 1. The van der Waals surface area contributed by atoms with E-state index in [-0.39, 0.29) is 31.6 Å². The topological polar surface area (TPSA) is 81.1 Å². The summed E-state index contributed by atoms with van der Waals surface area (Å²) in [4.78, 5) is 26.7. The molecule has 116 valence electrons. The number of likely N-dealkylation sites (tertiary alicyclic amines) is 1. The van der Waals surface area contributed by atoms with Crippen molar-refractivity contribution in [2.45, 2.75) is 58.0 Å². The van der Waals surface area contributed by atoms with Crippen molar-refractivity contribution >= 4 is 12.0 Å². The van der Waals surface area contributed by atoms with E-state index in [2.05, 4.69) is 0 Å². The second-order valence-corrected chi connectivity index (χ2v) is 6.27. The fourth-order valence-electron chi connectivity index (χ4n) is 2.52. The van der Waals surface area contributed by atoms with Crippen molar-refractivity contribution in [3.05, 3.63) is 0 Å². The number of piperidine rings is 1. The average molecular weight is 286 g/mol. The Kier molecular flexibility index (Phi) is 5.80. The first kappa shape index (κ1) is 16.8. The second kappa shape index (κ2) is 6.92. The molecule has 1 aliphatic heterocycles. The Bertz CT molecular complexity index is 352. The predicted octanol–water partition coefficient (Wildman–Crippen LogP) is 1.53. The van der Waals surface area contributed by atoms with Gasteiger partial charge in [-0.15, -0.1) is 0 Å². The molecule has 0 aromatic heterocycles. The van der Waals surface area contributed by atoms with Gasteiger partial charge in [-0.1, -0.05) is 0 Å². The Morgan fingerprint density at radius 2 is 1.95 bits per heavy atom. The van der Waals surface area contributed by atoms with Crippen molar-refractivity contribution in [1.82, 2.24) is 9.80 Å². The summed E-state index contributed by atoms with van der Waals surface area (Å²) in [7, 11) is 0. The summed E-state index contributed by atoms with van der Waals surface area (Å²) in [6.07, 6.45) is 2.68. The number of amides is 2. The lowest BCUT2D eigenvalue weighted by molar-refractivity contribution is -0.137.